The molecule has 0 saturated heterocycles. The second-order valence-corrected chi connectivity index (χ2v) is 6.08. The van der Waals surface area contributed by atoms with Gasteiger partial charge < -0.3 is 0 Å². The van der Waals surface area contributed by atoms with Crippen LogP contribution in [-0.2, 0) is 10.7 Å². The van der Waals surface area contributed by atoms with Gasteiger partial charge in [-0.15, -0.1) is 22.7 Å². The molecule has 0 N–H and O–H groups in total. The first-order valence-electron chi connectivity index (χ1n) is 2.51. The molecular weight excluding hydrogens is 316 g/mol. The minimum atomic E-state index is 0.922. The van der Waals surface area contributed by atoms with Crippen LogP contribution >= 0.6 is 66.8 Å². The van der Waals surface area contributed by atoms with Crippen molar-refractivity contribution in [2.75, 3.05) is 0 Å². The molecule has 1 heterocycles. The lowest BCUT2D eigenvalue weighted by Crippen LogP contribution is -1.73. The fourth-order valence-electron chi connectivity index (χ4n) is 0.539. The van der Waals surface area contributed by atoms with Crippen molar-refractivity contribution in [3.63, 3.8) is 0 Å². The maximum Gasteiger partial charge on any atom is 0.144 e. The van der Waals surface area contributed by atoms with Gasteiger partial charge in [0.15, 0.2) is 0 Å². The molecule has 0 unspecified atom stereocenters. The van der Waals surface area contributed by atoms with E-state index in [1.54, 1.807) is 22.7 Å². The van der Waals surface area contributed by atoms with E-state index in [-0.39, 0.29) is 0 Å². The van der Waals surface area contributed by atoms with Crippen molar-refractivity contribution in [1.82, 2.24) is 0 Å². The third-order valence-corrected chi connectivity index (χ3v) is 5.57. The molecule has 0 spiro atoms. The van der Waals surface area contributed by atoms with E-state index >= 15 is 0 Å². The number of alkyl halides is 2. The van der Waals surface area contributed by atoms with Gasteiger partial charge in [-0.1, -0.05) is 44.1 Å². The second kappa shape index (κ2) is 4.30. The molecule has 0 radical (unpaired) electrons. The SMILES string of the molecule is S=c1sc(CBr)c(CBr)s1. The molecule has 0 aliphatic carbocycles. The highest BCUT2D eigenvalue weighted by molar-refractivity contribution is 9.09. The summed E-state index contributed by atoms with van der Waals surface area (Å²) in [5.74, 6) is 0. The van der Waals surface area contributed by atoms with Crippen LogP contribution in [0, 0.1) is 3.14 Å². The number of hydrogen-bond acceptors (Lipinski definition) is 3. The molecule has 0 saturated carbocycles. The first-order valence-corrected chi connectivity index (χ1v) is 6.80. The van der Waals surface area contributed by atoms with E-state index in [9.17, 15) is 0 Å². The van der Waals surface area contributed by atoms with E-state index in [4.69, 9.17) is 12.2 Å². The number of halogens is 2. The van der Waals surface area contributed by atoms with Gasteiger partial charge in [0, 0.05) is 20.4 Å². The van der Waals surface area contributed by atoms with E-state index in [0.717, 1.165) is 13.8 Å². The molecule has 0 atom stereocenters. The van der Waals surface area contributed by atoms with Crippen LogP contribution in [0.4, 0.5) is 0 Å². The highest BCUT2D eigenvalue weighted by atomic mass is 79.9. The molecule has 1 aromatic heterocycles. The van der Waals surface area contributed by atoms with Gasteiger partial charge in [-0.05, 0) is 0 Å². The molecule has 5 heteroatoms. The van der Waals surface area contributed by atoms with Gasteiger partial charge in [-0.25, -0.2) is 0 Å². The van der Waals surface area contributed by atoms with Gasteiger partial charge in [-0.3, -0.25) is 0 Å². The van der Waals surface area contributed by atoms with Crippen molar-refractivity contribution in [3.8, 4) is 0 Å². The summed E-state index contributed by atoms with van der Waals surface area (Å²) in [6.45, 7) is 0. The Kier molecular flexibility index (Phi) is 4.01. The first kappa shape index (κ1) is 9.32. The Hall–Kier alpha value is 1.23. The summed E-state index contributed by atoms with van der Waals surface area (Å²) >= 11 is 15.3. The zero-order chi connectivity index (χ0) is 7.56. The molecular formula is C5H4Br2S3. The van der Waals surface area contributed by atoms with Crippen molar-refractivity contribution in [2.24, 2.45) is 0 Å². The molecule has 0 aliphatic heterocycles. The normalized spacial score (nSPS) is 10.2. The fraction of sp³-hybridized carbons (Fsp3) is 0.400. The van der Waals surface area contributed by atoms with Crippen molar-refractivity contribution in [3.05, 3.63) is 12.9 Å². The lowest BCUT2D eigenvalue weighted by atomic mass is 10.5. The van der Waals surface area contributed by atoms with Crippen LogP contribution in [0.5, 0.6) is 0 Å². The average Bonchev–Trinajstić information content (AvgIpc) is 2.30. The van der Waals surface area contributed by atoms with Gasteiger partial charge in [0.05, 0.1) is 0 Å². The van der Waals surface area contributed by atoms with Crippen LogP contribution in [0.3, 0.4) is 0 Å². The zero-order valence-electron chi connectivity index (χ0n) is 4.89. The van der Waals surface area contributed by atoms with Crippen LogP contribution in [0.15, 0.2) is 0 Å². The Labute approximate surface area is 89.5 Å². The topological polar surface area (TPSA) is 0 Å². The summed E-state index contributed by atoms with van der Waals surface area (Å²) in [4.78, 5) is 2.71. The minimum absolute atomic E-state index is 0.922. The maximum atomic E-state index is 5.05. The fourth-order valence-corrected chi connectivity index (χ4v) is 4.78. The lowest BCUT2D eigenvalue weighted by Gasteiger charge is -1.89. The first-order chi connectivity index (χ1) is 4.77. The lowest BCUT2D eigenvalue weighted by molar-refractivity contribution is 1.45. The highest BCUT2D eigenvalue weighted by Gasteiger charge is 2.02. The van der Waals surface area contributed by atoms with Gasteiger partial charge >= 0.3 is 0 Å². The van der Waals surface area contributed by atoms with Crippen LogP contribution in [0.2, 0.25) is 0 Å². The number of hydrogen-bond donors (Lipinski definition) is 0. The quantitative estimate of drug-likeness (QED) is 0.577. The summed E-state index contributed by atoms with van der Waals surface area (Å²) in [7, 11) is 0. The minimum Gasteiger partial charge on any atom is -0.117 e. The van der Waals surface area contributed by atoms with Gasteiger partial charge in [0.1, 0.15) is 3.14 Å². The molecule has 0 aliphatic rings. The van der Waals surface area contributed by atoms with E-state index in [2.05, 4.69) is 31.9 Å². The second-order valence-electron chi connectivity index (χ2n) is 1.57. The van der Waals surface area contributed by atoms with Gasteiger partial charge in [-0.2, -0.15) is 0 Å². The van der Waals surface area contributed by atoms with Crippen LogP contribution in [-0.4, -0.2) is 0 Å². The summed E-state index contributed by atoms with van der Waals surface area (Å²) in [6.07, 6.45) is 0. The van der Waals surface area contributed by atoms with Gasteiger partial charge in [0.25, 0.3) is 0 Å². The predicted molar refractivity (Wildman–Crippen MR) is 58.3 cm³/mol. The Bertz CT molecular complexity index is 238. The Morgan fingerprint density at radius 3 is 1.80 bits per heavy atom. The maximum absolute atomic E-state index is 5.05. The molecule has 56 valence electrons. The smallest absolute Gasteiger partial charge is 0.117 e. The third-order valence-electron chi connectivity index (χ3n) is 0.967. The largest absolute Gasteiger partial charge is 0.144 e. The van der Waals surface area contributed by atoms with Crippen LogP contribution in [0.1, 0.15) is 9.75 Å². The van der Waals surface area contributed by atoms with Crippen molar-refractivity contribution < 1.29 is 0 Å². The van der Waals surface area contributed by atoms with Crippen molar-refractivity contribution >= 4 is 66.8 Å². The van der Waals surface area contributed by atoms with Crippen molar-refractivity contribution in [1.29, 1.82) is 0 Å². The van der Waals surface area contributed by atoms with Crippen LogP contribution < -0.4 is 0 Å². The molecule has 0 nitrogen and oxygen atoms in total. The molecule has 1 aromatic rings. The summed E-state index contributed by atoms with van der Waals surface area (Å²) in [5, 5.41) is 1.84. The highest BCUT2D eigenvalue weighted by Crippen LogP contribution is 2.28. The molecule has 0 bridgehead atoms. The monoisotopic (exact) mass is 318 g/mol. The molecule has 0 aromatic carbocycles. The summed E-state index contributed by atoms with van der Waals surface area (Å²) in [5.41, 5.74) is 0. The molecule has 10 heavy (non-hydrogen) atoms. The van der Waals surface area contributed by atoms with Crippen LogP contribution in [0.25, 0.3) is 0 Å². The predicted octanol–water partition coefficient (Wildman–Crippen LogP) is 4.33. The Balaban J connectivity index is 3.08. The number of rotatable bonds is 2. The van der Waals surface area contributed by atoms with Crippen molar-refractivity contribution in [2.45, 2.75) is 10.7 Å². The van der Waals surface area contributed by atoms with E-state index in [0.29, 0.717) is 0 Å². The Morgan fingerprint density at radius 1 is 1.10 bits per heavy atom. The van der Waals surface area contributed by atoms with Gasteiger partial charge in [0.2, 0.25) is 0 Å². The van der Waals surface area contributed by atoms with E-state index in [1.807, 2.05) is 0 Å². The van der Waals surface area contributed by atoms with E-state index in [1.165, 1.54) is 9.75 Å². The average molecular weight is 320 g/mol. The molecule has 0 fully saturated rings. The summed E-state index contributed by atoms with van der Waals surface area (Å²) < 4.78 is 1.02. The zero-order valence-corrected chi connectivity index (χ0v) is 10.5. The summed E-state index contributed by atoms with van der Waals surface area (Å²) in [6, 6.07) is 0. The molecule has 1 rings (SSSR count). The standard InChI is InChI=1S/C5H4Br2S3/c6-1-3-4(2-7)10-5(8)9-3/h1-2H2. The molecule has 0 amide bonds. The van der Waals surface area contributed by atoms with E-state index < -0.39 is 0 Å². The Morgan fingerprint density at radius 2 is 1.50 bits per heavy atom. The third kappa shape index (κ3) is 2.11.